The standard InChI is InChI=1S/C29H31NO4/c1-2-3-4-5-6-7-19-33-27-17-15-26(16-18-27)30-21-23-11-13-25(14-12-23)29(32)34-28-10-8-9-24(20-28)22-31/h8-18,20-22H,2-7,19H2,1H3. The summed E-state index contributed by atoms with van der Waals surface area (Å²) < 4.78 is 11.1. The van der Waals surface area contributed by atoms with Crippen LogP contribution in [-0.4, -0.2) is 25.1 Å². The van der Waals surface area contributed by atoms with Crippen LogP contribution in [0.3, 0.4) is 0 Å². The smallest absolute Gasteiger partial charge is 0.343 e. The minimum Gasteiger partial charge on any atom is -0.494 e. The first-order valence-electron chi connectivity index (χ1n) is 11.8. The molecular weight excluding hydrogens is 426 g/mol. The molecule has 176 valence electrons. The van der Waals surface area contributed by atoms with Gasteiger partial charge < -0.3 is 9.47 Å². The molecule has 0 unspecified atom stereocenters. The van der Waals surface area contributed by atoms with Gasteiger partial charge in [0.2, 0.25) is 0 Å². The first kappa shape index (κ1) is 24.9. The fraction of sp³-hybridized carbons (Fsp3) is 0.276. The zero-order valence-corrected chi connectivity index (χ0v) is 19.6. The number of ether oxygens (including phenoxy) is 2. The maximum Gasteiger partial charge on any atom is 0.343 e. The van der Waals surface area contributed by atoms with E-state index in [0.717, 1.165) is 30.0 Å². The van der Waals surface area contributed by atoms with Crippen molar-refractivity contribution in [1.29, 1.82) is 0 Å². The summed E-state index contributed by atoms with van der Waals surface area (Å²) in [6, 6.07) is 21.2. The number of hydrogen-bond acceptors (Lipinski definition) is 5. The lowest BCUT2D eigenvalue weighted by molar-refractivity contribution is 0.0734. The molecule has 0 radical (unpaired) electrons. The number of aldehydes is 1. The van der Waals surface area contributed by atoms with Crippen molar-refractivity contribution in [3.63, 3.8) is 0 Å². The van der Waals surface area contributed by atoms with Gasteiger partial charge in [-0.25, -0.2) is 4.79 Å². The third-order valence-corrected chi connectivity index (χ3v) is 5.32. The number of carbonyl (C=O) groups is 2. The number of esters is 1. The van der Waals surface area contributed by atoms with Crippen LogP contribution in [0.5, 0.6) is 11.5 Å². The summed E-state index contributed by atoms with van der Waals surface area (Å²) in [5.74, 6) is 0.705. The third kappa shape index (κ3) is 8.32. The van der Waals surface area contributed by atoms with Crippen LogP contribution < -0.4 is 9.47 Å². The predicted octanol–water partition coefficient (Wildman–Crippen LogP) is 7.21. The van der Waals surface area contributed by atoms with Crippen LogP contribution in [-0.2, 0) is 0 Å². The van der Waals surface area contributed by atoms with E-state index in [4.69, 9.17) is 9.47 Å². The lowest BCUT2D eigenvalue weighted by Gasteiger charge is -2.06. The lowest BCUT2D eigenvalue weighted by atomic mass is 10.1. The Hall–Kier alpha value is -3.73. The van der Waals surface area contributed by atoms with E-state index >= 15 is 0 Å². The Bertz CT molecular complexity index is 1070. The number of carbonyl (C=O) groups excluding carboxylic acids is 2. The highest BCUT2D eigenvalue weighted by molar-refractivity contribution is 5.92. The van der Waals surface area contributed by atoms with Crippen molar-refractivity contribution in [3.05, 3.63) is 89.5 Å². The summed E-state index contributed by atoms with van der Waals surface area (Å²) in [6.07, 6.45) is 9.93. The van der Waals surface area contributed by atoms with Crippen molar-refractivity contribution in [2.75, 3.05) is 6.61 Å². The molecule has 0 bridgehead atoms. The highest BCUT2D eigenvalue weighted by Crippen LogP contribution is 2.19. The fourth-order valence-corrected chi connectivity index (χ4v) is 3.37. The van der Waals surface area contributed by atoms with E-state index in [1.807, 2.05) is 24.3 Å². The van der Waals surface area contributed by atoms with Gasteiger partial charge in [0.05, 0.1) is 17.9 Å². The normalized spacial score (nSPS) is 10.9. The molecule has 0 aromatic heterocycles. The van der Waals surface area contributed by atoms with Gasteiger partial charge in [-0.2, -0.15) is 0 Å². The van der Waals surface area contributed by atoms with E-state index in [9.17, 15) is 9.59 Å². The van der Waals surface area contributed by atoms with Gasteiger partial charge in [0.25, 0.3) is 0 Å². The number of aliphatic imine (C=N–C) groups is 1. The van der Waals surface area contributed by atoms with Crippen LogP contribution in [0.25, 0.3) is 0 Å². The molecule has 0 aliphatic carbocycles. The maximum atomic E-state index is 12.3. The van der Waals surface area contributed by atoms with Crippen molar-refractivity contribution in [2.45, 2.75) is 45.4 Å². The average molecular weight is 458 g/mol. The molecule has 0 saturated carbocycles. The largest absolute Gasteiger partial charge is 0.494 e. The van der Waals surface area contributed by atoms with Gasteiger partial charge in [-0.15, -0.1) is 0 Å². The summed E-state index contributed by atoms with van der Waals surface area (Å²) in [5.41, 5.74) is 2.56. The Morgan fingerprint density at radius 1 is 0.824 bits per heavy atom. The molecule has 0 N–H and O–H groups in total. The van der Waals surface area contributed by atoms with E-state index in [-0.39, 0.29) is 0 Å². The van der Waals surface area contributed by atoms with E-state index in [2.05, 4.69) is 11.9 Å². The molecule has 0 aliphatic rings. The molecule has 0 atom stereocenters. The molecule has 34 heavy (non-hydrogen) atoms. The summed E-state index contributed by atoms with van der Waals surface area (Å²) >= 11 is 0. The van der Waals surface area contributed by atoms with Gasteiger partial charge in [0.15, 0.2) is 0 Å². The van der Waals surface area contributed by atoms with Crippen LogP contribution in [0.4, 0.5) is 5.69 Å². The van der Waals surface area contributed by atoms with E-state index in [1.54, 1.807) is 48.7 Å². The molecular formula is C29H31NO4. The first-order chi connectivity index (χ1) is 16.7. The van der Waals surface area contributed by atoms with Crippen molar-refractivity contribution < 1.29 is 19.1 Å². The molecule has 3 aromatic rings. The molecule has 0 aliphatic heterocycles. The Morgan fingerprint density at radius 3 is 2.29 bits per heavy atom. The number of hydrogen-bond donors (Lipinski definition) is 0. The number of unbranched alkanes of at least 4 members (excludes halogenated alkanes) is 5. The van der Waals surface area contributed by atoms with Gasteiger partial charge >= 0.3 is 5.97 Å². The summed E-state index contributed by atoms with van der Waals surface area (Å²) in [5, 5.41) is 0. The fourth-order valence-electron chi connectivity index (χ4n) is 3.37. The molecule has 5 nitrogen and oxygen atoms in total. The topological polar surface area (TPSA) is 65.0 Å². The number of benzene rings is 3. The number of rotatable bonds is 13. The second-order valence-electron chi connectivity index (χ2n) is 8.07. The second kappa shape index (κ2) is 13.7. The zero-order chi connectivity index (χ0) is 24.0. The van der Waals surface area contributed by atoms with Crippen LogP contribution in [0.15, 0.2) is 77.8 Å². The van der Waals surface area contributed by atoms with Gasteiger partial charge in [-0.05, 0) is 60.5 Å². The highest BCUT2D eigenvalue weighted by atomic mass is 16.5. The minimum absolute atomic E-state index is 0.333. The van der Waals surface area contributed by atoms with Crippen molar-refractivity contribution in [2.24, 2.45) is 4.99 Å². The molecule has 0 spiro atoms. The number of nitrogens with zero attached hydrogens (tertiary/aromatic N) is 1. The van der Waals surface area contributed by atoms with Crippen molar-refractivity contribution in [3.8, 4) is 11.5 Å². The Balaban J connectivity index is 1.46. The third-order valence-electron chi connectivity index (χ3n) is 5.32. The first-order valence-corrected chi connectivity index (χ1v) is 11.8. The second-order valence-corrected chi connectivity index (χ2v) is 8.07. The van der Waals surface area contributed by atoms with Gasteiger partial charge in [-0.1, -0.05) is 63.3 Å². The molecule has 0 heterocycles. The summed E-state index contributed by atoms with van der Waals surface area (Å²) in [4.78, 5) is 27.7. The summed E-state index contributed by atoms with van der Waals surface area (Å²) in [6.45, 7) is 2.97. The van der Waals surface area contributed by atoms with E-state index in [0.29, 0.717) is 23.2 Å². The lowest BCUT2D eigenvalue weighted by Crippen LogP contribution is -2.08. The SMILES string of the molecule is CCCCCCCCOc1ccc(N=Cc2ccc(C(=O)Oc3cccc(C=O)c3)cc2)cc1. The molecule has 0 amide bonds. The molecule has 0 saturated heterocycles. The van der Waals surface area contributed by atoms with E-state index in [1.165, 1.54) is 38.2 Å². The Morgan fingerprint density at radius 2 is 1.56 bits per heavy atom. The molecule has 3 rings (SSSR count). The van der Waals surface area contributed by atoms with Crippen LogP contribution in [0.2, 0.25) is 0 Å². The van der Waals surface area contributed by atoms with Gasteiger partial charge in [-0.3, -0.25) is 9.79 Å². The van der Waals surface area contributed by atoms with Crippen LogP contribution in [0, 0.1) is 0 Å². The van der Waals surface area contributed by atoms with Crippen molar-refractivity contribution >= 4 is 24.2 Å². The summed E-state index contributed by atoms with van der Waals surface area (Å²) in [7, 11) is 0. The Labute approximate surface area is 201 Å². The van der Waals surface area contributed by atoms with Crippen LogP contribution in [0.1, 0.15) is 71.7 Å². The van der Waals surface area contributed by atoms with Crippen molar-refractivity contribution in [1.82, 2.24) is 0 Å². The Kier molecular flexibility index (Phi) is 10.1. The maximum absolute atomic E-state index is 12.3. The molecule has 5 heteroatoms. The highest BCUT2D eigenvalue weighted by Gasteiger charge is 2.08. The molecule has 3 aromatic carbocycles. The molecule has 0 fully saturated rings. The zero-order valence-electron chi connectivity index (χ0n) is 19.6. The van der Waals surface area contributed by atoms with Gasteiger partial charge in [0, 0.05) is 11.8 Å². The monoisotopic (exact) mass is 457 g/mol. The minimum atomic E-state index is -0.483. The van der Waals surface area contributed by atoms with E-state index < -0.39 is 5.97 Å². The van der Waals surface area contributed by atoms with Gasteiger partial charge in [0.1, 0.15) is 17.8 Å². The quantitative estimate of drug-likeness (QED) is 0.0894. The average Bonchev–Trinajstić information content (AvgIpc) is 2.88. The predicted molar refractivity (Wildman–Crippen MR) is 136 cm³/mol. The van der Waals surface area contributed by atoms with Crippen LogP contribution >= 0.6 is 0 Å².